The zero-order chi connectivity index (χ0) is 15.1. The predicted molar refractivity (Wildman–Crippen MR) is 85.2 cm³/mol. The Kier molecular flexibility index (Phi) is 6.33. The van der Waals surface area contributed by atoms with Crippen LogP contribution in [0.5, 0.6) is 5.75 Å². The van der Waals surface area contributed by atoms with Gasteiger partial charge >= 0.3 is 0 Å². The summed E-state index contributed by atoms with van der Waals surface area (Å²) in [6.07, 6.45) is 3.59. The van der Waals surface area contributed by atoms with Crippen LogP contribution in [0.3, 0.4) is 0 Å². The number of rotatable bonds is 7. The van der Waals surface area contributed by atoms with E-state index < -0.39 is 0 Å². The summed E-state index contributed by atoms with van der Waals surface area (Å²) in [7, 11) is 0. The number of halogens is 1. The number of nitrogens with zero attached hydrogens (tertiary/aromatic N) is 1. The van der Waals surface area contributed by atoms with Crippen LogP contribution in [0.25, 0.3) is 0 Å². The average molecular weight is 311 g/mol. The van der Waals surface area contributed by atoms with Crippen LogP contribution in [-0.2, 0) is 0 Å². The lowest BCUT2D eigenvalue weighted by Crippen LogP contribution is -2.28. The molecule has 1 aliphatic heterocycles. The van der Waals surface area contributed by atoms with Gasteiger partial charge in [-0.15, -0.1) is 0 Å². The summed E-state index contributed by atoms with van der Waals surface area (Å²) in [4.78, 5) is 14.5. The Morgan fingerprint density at radius 2 is 2.14 bits per heavy atom. The number of carbonyl (C=O) groups excluding carboxylic acids is 1. The molecule has 4 nitrogen and oxygen atoms in total. The number of hydrogen-bond acceptors (Lipinski definition) is 3. The van der Waals surface area contributed by atoms with E-state index >= 15 is 0 Å². The summed E-state index contributed by atoms with van der Waals surface area (Å²) >= 11 is 6.09. The Hall–Kier alpha value is -1.26. The molecule has 21 heavy (non-hydrogen) atoms. The molecule has 0 radical (unpaired) electrons. The fourth-order valence-corrected chi connectivity index (χ4v) is 2.76. The number of carbonyl (C=O) groups is 1. The van der Waals surface area contributed by atoms with Crippen LogP contribution in [0.2, 0.25) is 5.02 Å². The van der Waals surface area contributed by atoms with Crippen molar-refractivity contribution in [3.8, 4) is 5.75 Å². The molecule has 1 N–H and O–H groups in total. The number of nitrogens with one attached hydrogen (secondary N) is 1. The van der Waals surface area contributed by atoms with E-state index in [1.54, 1.807) is 18.2 Å². The standard InChI is InChI=1S/C16H23ClN2O2/c1-2-21-15-7-6-13(12-14(15)17)16(20)18-8-5-11-19-9-3-4-10-19/h6-7,12H,2-5,8-11H2,1H3,(H,18,20). The highest BCUT2D eigenvalue weighted by Crippen LogP contribution is 2.25. The van der Waals surface area contributed by atoms with Gasteiger partial charge in [0.1, 0.15) is 5.75 Å². The van der Waals surface area contributed by atoms with Gasteiger partial charge in [-0.25, -0.2) is 0 Å². The van der Waals surface area contributed by atoms with E-state index in [1.807, 2.05) is 6.92 Å². The van der Waals surface area contributed by atoms with Crippen LogP contribution < -0.4 is 10.1 Å². The molecule has 0 bridgehead atoms. The number of benzene rings is 1. The largest absolute Gasteiger partial charge is 0.492 e. The Morgan fingerprint density at radius 1 is 1.38 bits per heavy atom. The summed E-state index contributed by atoms with van der Waals surface area (Å²) < 4.78 is 5.36. The minimum absolute atomic E-state index is 0.0821. The molecule has 1 aromatic rings. The summed E-state index contributed by atoms with van der Waals surface area (Å²) in [5.74, 6) is 0.533. The highest BCUT2D eigenvalue weighted by atomic mass is 35.5. The first-order valence-corrected chi connectivity index (χ1v) is 8.01. The molecule has 5 heteroatoms. The molecule has 2 rings (SSSR count). The van der Waals surface area contributed by atoms with Gasteiger partial charge in [-0.1, -0.05) is 11.6 Å². The third-order valence-electron chi connectivity index (χ3n) is 3.63. The van der Waals surface area contributed by atoms with Crippen LogP contribution in [0.1, 0.15) is 36.5 Å². The van der Waals surface area contributed by atoms with Crippen LogP contribution in [0, 0.1) is 0 Å². The lowest BCUT2D eigenvalue weighted by molar-refractivity contribution is 0.0952. The molecule has 1 aromatic carbocycles. The molecule has 0 unspecified atom stereocenters. The summed E-state index contributed by atoms with van der Waals surface area (Å²) in [5, 5.41) is 3.41. The van der Waals surface area contributed by atoms with Gasteiger partial charge in [0.05, 0.1) is 11.6 Å². The molecule has 1 heterocycles. The lowest BCUT2D eigenvalue weighted by atomic mass is 10.2. The predicted octanol–water partition coefficient (Wildman–Crippen LogP) is 2.95. The second-order valence-electron chi connectivity index (χ2n) is 5.24. The van der Waals surface area contributed by atoms with Gasteiger partial charge in [-0.3, -0.25) is 4.79 Å². The number of likely N-dealkylation sites (tertiary alicyclic amines) is 1. The average Bonchev–Trinajstić information content (AvgIpc) is 2.99. The zero-order valence-corrected chi connectivity index (χ0v) is 13.3. The fourth-order valence-electron chi connectivity index (χ4n) is 2.53. The maximum Gasteiger partial charge on any atom is 0.251 e. The molecule has 0 atom stereocenters. The normalized spacial score (nSPS) is 15.1. The van der Waals surface area contributed by atoms with Crippen LogP contribution in [-0.4, -0.2) is 43.6 Å². The lowest BCUT2D eigenvalue weighted by Gasteiger charge is -2.14. The van der Waals surface area contributed by atoms with Crippen molar-refractivity contribution in [3.05, 3.63) is 28.8 Å². The van der Waals surface area contributed by atoms with E-state index in [1.165, 1.54) is 25.9 Å². The highest BCUT2D eigenvalue weighted by Gasteiger charge is 2.11. The van der Waals surface area contributed by atoms with Crippen LogP contribution in [0.15, 0.2) is 18.2 Å². The van der Waals surface area contributed by atoms with Gasteiger partial charge in [0.15, 0.2) is 0 Å². The van der Waals surface area contributed by atoms with Gasteiger partial charge in [0.25, 0.3) is 5.91 Å². The Labute approximate surface area is 131 Å². The minimum atomic E-state index is -0.0821. The van der Waals surface area contributed by atoms with Crippen molar-refractivity contribution >= 4 is 17.5 Å². The topological polar surface area (TPSA) is 41.6 Å². The van der Waals surface area contributed by atoms with Gasteiger partial charge < -0.3 is 15.0 Å². The van der Waals surface area contributed by atoms with E-state index in [0.29, 0.717) is 29.5 Å². The third kappa shape index (κ3) is 4.90. The van der Waals surface area contributed by atoms with Crippen molar-refractivity contribution in [2.45, 2.75) is 26.2 Å². The van der Waals surface area contributed by atoms with E-state index in [4.69, 9.17) is 16.3 Å². The van der Waals surface area contributed by atoms with Gasteiger partial charge in [0.2, 0.25) is 0 Å². The van der Waals surface area contributed by atoms with E-state index in [9.17, 15) is 4.79 Å². The van der Waals surface area contributed by atoms with Gasteiger partial charge in [0, 0.05) is 12.1 Å². The van der Waals surface area contributed by atoms with Crippen molar-refractivity contribution in [1.29, 1.82) is 0 Å². The smallest absolute Gasteiger partial charge is 0.251 e. The molecule has 1 aliphatic rings. The molecule has 1 amide bonds. The first-order chi connectivity index (χ1) is 10.2. The Balaban J connectivity index is 1.75. The van der Waals surface area contributed by atoms with E-state index in [2.05, 4.69) is 10.2 Å². The molecule has 1 fully saturated rings. The number of amides is 1. The monoisotopic (exact) mass is 310 g/mol. The molecule has 1 saturated heterocycles. The quantitative estimate of drug-likeness (QED) is 0.787. The molecule has 0 saturated carbocycles. The number of hydrogen-bond donors (Lipinski definition) is 1. The van der Waals surface area contributed by atoms with E-state index in [-0.39, 0.29) is 5.91 Å². The molecule has 116 valence electrons. The summed E-state index contributed by atoms with van der Waals surface area (Å²) in [6.45, 7) is 6.61. The maximum absolute atomic E-state index is 12.0. The SMILES string of the molecule is CCOc1ccc(C(=O)NCCCN2CCCC2)cc1Cl. The van der Waals surface area contributed by atoms with E-state index in [0.717, 1.165) is 13.0 Å². The molecule has 0 spiro atoms. The van der Waals surface area contributed by atoms with Crippen LogP contribution >= 0.6 is 11.6 Å². The van der Waals surface area contributed by atoms with Gasteiger partial charge in [-0.2, -0.15) is 0 Å². The van der Waals surface area contributed by atoms with Crippen molar-refractivity contribution < 1.29 is 9.53 Å². The molecular formula is C16H23ClN2O2. The van der Waals surface area contributed by atoms with Crippen LogP contribution in [0.4, 0.5) is 0 Å². The Morgan fingerprint density at radius 3 is 2.81 bits per heavy atom. The van der Waals surface area contributed by atoms with Crippen molar-refractivity contribution in [2.24, 2.45) is 0 Å². The fraction of sp³-hybridized carbons (Fsp3) is 0.562. The van der Waals surface area contributed by atoms with Crippen molar-refractivity contribution in [2.75, 3.05) is 32.8 Å². The summed E-state index contributed by atoms with van der Waals surface area (Å²) in [6, 6.07) is 5.14. The minimum Gasteiger partial charge on any atom is -0.492 e. The highest BCUT2D eigenvalue weighted by molar-refractivity contribution is 6.32. The van der Waals surface area contributed by atoms with Crippen molar-refractivity contribution in [1.82, 2.24) is 10.2 Å². The third-order valence-corrected chi connectivity index (χ3v) is 3.92. The second-order valence-corrected chi connectivity index (χ2v) is 5.64. The van der Waals surface area contributed by atoms with Gasteiger partial charge in [-0.05, 0) is 64.0 Å². The molecular weight excluding hydrogens is 288 g/mol. The maximum atomic E-state index is 12.0. The molecule has 0 aliphatic carbocycles. The first kappa shape index (κ1) is 16.1. The first-order valence-electron chi connectivity index (χ1n) is 7.63. The summed E-state index contributed by atoms with van der Waals surface area (Å²) in [5.41, 5.74) is 0.574. The Bertz CT molecular complexity index is 473. The number of ether oxygens (including phenoxy) is 1. The zero-order valence-electron chi connectivity index (χ0n) is 12.5. The van der Waals surface area contributed by atoms with Crippen molar-refractivity contribution in [3.63, 3.8) is 0 Å². The molecule has 0 aromatic heterocycles. The second kappa shape index (κ2) is 8.25.